The van der Waals surface area contributed by atoms with E-state index in [0.29, 0.717) is 17.3 Å². The second-order valence-electron chi connectivity index (χ2n) is 6.84. The highest BCUT2D eigenvalue weighted by molar-refractivity contribution is 5.80. The third-order valence-corrected chi connectivity index (χ3v) is 5.25. The van der Waals surface area contributed by atoms with Crippen LogP contribution in [0.5, 0.6) is 0 Å². The van der Waals surface area contributed by atoms with Gasteiger partial charge in [0.05, 0.1) is 0 Å². The van der Waals surface area contributed by atoms with Gasteiger partial charge in [0.15, 0.2) is 0 Å². The summed E-state index contributed by atoms with van der Waals surface area (Å²) < 4.78 is 0. The fraction of sp³-hybridized carbons (Fsp3) is 0.929. The number of fused-ring (bicyclic) bond motifs is 1. The minimum absolute atomic E-state index is 0.297. The summed E-state index contributed by atoms with van der Waals surface area (Å²) in [6.45, 7) is 7.17. The number of hydrogen-bond acceptors (Lipinski definition) is 4. The van der Waals surface area contributed by atoms with Gasteiger partial charge in [-0.05, 0) is 44.6 Å². The van der Waals surface area contributed by atoms with Crippen molar-refractivity contribution >= 4 is 5.84 Å². The minimum Gasteiger partial charge on any atom is -0.409 e. The Morgan fingerprint density at radius 3 is 2.89 bits per heavy atom. The normalized spacial score (nSPS) is 35.3. The Labute approximate surface area is 115 Å². The first-order valence-electron chi connectivity index (χ1n) is 7.56. The largest absolute Gasteiger partial charge is 0.409 e. The number of hydrogen-bond donors (Lipinski definition) is 2. The molecule has 3 fully saturated rings. The average Bonchev–Trinajstić information content (AvgIpc) is 2.97. The lowest BCUT2D eigenvalue weighted by Crippen LogP contribution is -2.56. The maximum absolute atomic E-state index is 8.75. The van der Waals surface area contributed by atoms with Crippen molar-refractivity contribution < 1.29 is 5.21 Å². The predicted octanol–water partition coefficient (Wildman–Crippen LogP) is 1.07. The van der Waals surface area contributed by atoms with E-state index in [-0.39, 0.29) is 0 Å². The molecule has 3 N–H and O–H groups in total. The summed E-state index contributed by atoms with van der Waals surface area (Å²) in [5.41, 5.74) is 5.99. The van der Waals surface area contributed by atoms with Gasteiger partial charge in [-0.15, -0.1) is 0 Å². The summed E-state index contributed by atoms with van der Waals surface area (Å²) in [5.74, 6) is 0.393. The summed E-state index contributed by atoms with van der Waals surface area (Å²) in [4.78, 5) is 5.30. The molecule has 2 heterocycles. The maximum atomic E-state index is 8.75. The zero-order valence-corrected chi connectivity index (χ0v) is 11.9. The van der Waals surface area contributed by atoms with Gasteiger partial charge in [0.1, 0.15) is 5.84 Å². The van der Waals surface area contributed by atoms with Crippen molar-refractivity contribution in [3.63, 3.8) is 0 Å². The van der Waals surface area contributed by atoms with Gasteiger partial charge in [0, 0.05) is 38.1 Å². The summed E-state index contributed by atoms with van der Waals surface area (Å²) in [5, 5.41) is 11.9. The number of piperazine rings is 1. The third-order valence-electron chi connectivity index (χ3n) is 5.25. The average molecular weight is 266 g/mol. The second kappa shape index (κ2) is 4.94. The van der Waals surface area contributed by atoms with Crippen molar-refractivity contribution in [3.05, 3.63) is 0 Å². The molecule has 1 aliphatic carbocycles. The van der Waals surface area contributed by atoms with Crippen molar-refractivity contribution in [2.24, 2.45) is 16.3 Å². The number of oxime groups is 1. The van der Waals surface area contributed by atoms with Crippen molar-refractivity contribution in [2.45, 2.75) is 51.1 Å². The highest BCUT2D eigenvalue weighted by atomic mass is 16.4. The Bertz CT molecular complexity index is 366. The molecule has 2 atom stereocenters. The monoisotopic (exact) mass is 266 g/mol. The molecule has 5 heteroatoms. The van der Waals surface area contributed by atoms with Gasteiger partial charge in [-0.25, -0.2) is 0 Å². The molecule has 2 unspecified atom stereocenters. The van der Waals surface area contributed by atoms with E-state index in [2.05, 4.69) is 21.9 Å². The molecule has 108 valence electrons. The van der Waals surface area contributed by atoms with Crippen LogP contribution in [-0.2, 0) is 0 Å². The van der Waals surface area contributed by atoms with Gasteiger partial charge in [-0.1, -0.05) is 5.16 Å². The fourth-order valence-electron chi connectivity index (χ4n) is 3.89. The molecule has 5 nitrogen and oxygen atoms in total. The van der Waals surface area contributed by atoms with Crippen molar-refractivity contribution in [1.82, 2.24) is 9.80 Å². The van der Waals surface area contributed by atoms with E-state index in [1.54, 1.807) is 0 Å². The number of rotatable bonds is 4. The maximum Gasteiger partial charge on any atom is 0.139 e. The Hall–Kier alpha value is -0.810. The van der Waals surface area contributed by atoms with Crippen LogP contribution in [0, 0.1) is 5.41 Å². The molecule has 0 aromatic rings. The quantitative estimate of drug-likeness (QED) is 0.346. The molecule has 0 aromatic heterocycles. The van der Waals surface area contributed by atoms with E-state index in [9.17, 15) is 0 Å². The number of nitrogens with zero attached hydrogens (tertiary/aromatic N) is 3. The molecule has 2 saturated heterocycles. The summed E-state index contributed by atoms with van der Waals surface area (Å²) in [7, 11) is 0. The zero-order valence-electron chi connectivity index (χ0n) is 11.9. The van der Waals surface area contributed by atoms with Gasteiger partial charge in [-0.2, -0.15) is 0 Å². The van der Waals surface area contributed by atoms with E-state index in [4.69, 9.17) is 10.9 Å². The lowest BCUT2D eigenvalue weighted by molar-refractivity contribution is 0.0453. The Morgan fingerprint density at radius 2 is 2.21 bits per heavy atom. The molecular weight excluding hydrogens is 240 g/mol. The van der Waals surface area contributed by atoms with E-state index in [0.717, 1.165) is 19.0 Å². The molecule has 0 bridgehead atoms. The first kappa shape index (κ1) is 13.2. The van der Waals surface area contributed by atoms with Gasteiger partial charge in [0.25, 0.3) is 0 Å². The van der Waals surface area contributed by atoms with Crippen LogP contribution >= 0.6 is 0 Å². The van der Waals surface area contributed by atoms with Crippen LogP contribution in [0.25, 0.3) is 0 Å². The summed E-state index contributed by atoms with van der Waals surface area (Å²) >= 11 is 0. The van der Waals surface area contributed by atoms with E-state index < -0.39 is 0 Å². The van der Waals surface area contributed by atoms with Crippen LogP contribution < -0.4 is 5.73 Å². The van der Waals surface area contributed by atoms with Gasteiger partial charge in [0.2, 0.25) is 0 Å². The molecule has 0 amide bonds. The van der Waals surface area contributed by atoms with Crippen LogP contribution in [0.15, 0.2) is 5.16 Å². The molecule has 3 rings (SSSR count). The zero-order chi connectivity index (χ0) is 13.5. The van der Waals surface area contributed by atoms with Crippen LogP contribution in [-0.4, -0.2) is 59.1 Å². The molecule has 1 saturated carbocycles. The Morgan fingerprint density at radius 1 is 1.42 bits per heavy atom. The SMILES string of the molecule is CC1CN2CCCC2CN1CC1(CC(N)=NO)CC1. The number of amidine groups is 1. The molecule has 19 heavy (non-hydrogen) atoms. The van der Waals surface area contributed by atoms with Crippen LogP contribution in [0.1, 0.15) is 39.0 Å². The predicted molar refractivity (Wildman–Crippen MR) is 75.3 cm³/mol. The summed E-state index contributed by atoms with van der Waals surface area (Å²) in [6.07, 6.45) is 5.92. The van der Waals surface area contributed by atoms with E-state index >= 15 is 0 Å². The lowest BCUT2D eigenvalue weighted by atomic mass is 9.98. The van der Waals surface area contributed by atoms with Crippen LogP contribution in [0.3, 0.4) is 0 Å². The highest BCUT2D eigenvalue weighted by Gasteiger charge is 2.46. The Balaban J connectivity index is 1.60. The summed E-state index contributed by atoms with van der Waals surface area (Å²) in [6, 6.07) is 1.41. The van der Waals surface area contributed by atoms with Gasteiger partial charge >= 0.3 is 0 Å². The first-order valence-corrected chi connectivity index (χ1v) is 7.56. The molecule has 0 spiro atoms. The van der Waals surface area contributed by atoms with Crippen LogP contribution in [0.2, 0.25) is 0 Å². The second-order valence-corrected chi connectivity index (χ2v) is 6.84. The van der Waals surface area contributed by atoms with Crippen molar-refractivity contribution in [3.8, 4) is 0 Å². The fourth-order valence-corrected chi connectivity index (χ4v) is 3.89. The third kappa shape index (κ3) is 2.72. The number of nitrogens with two attached hydrogens (primary N) is 1. The van der Waals surface area contributed by atoms with Crippen molar-refractivity contribution in [2.75, 3.05) is 26.2 Å². The molecule has 2 aliphatic heterocycles. The Kier molecular flexibility index (Phi) is 3.43. The van der Waals surface area contributed by atoms with Gasteiger partial charge in [-0.3, -0.25) is 9.80 Å². The molecule has 3 aliphatic rings. The standard InChI is InChI=1S/C14H26N4O/c1-11-8-17-6-2-3-12(17)9-18(11)10-14(4-5-14)7-13(15)16-19/h11-12,19H,2-10H2,1H3,(H2,15,16). The lowest BCUT2D eigenvalue weighted by Gasteiger charge is -2.43. The van der Waals surface area contributed by atoms with Gasteiger partial charge < -0.3 is 10.9 Å². The molecule has 0 aromatic carbocycles. The highest BCUT2D eigenvalue weighted by Crippen LogP contribution is 2.50. The molecule has 0 radical (unpaired) electrons. The van der Waals surface area contributed by atoms with Crippen molar-refractivity contribution in [1.29, 1.82) is 0 Å². The smallest absolute Gasteiger partial charge is 0.139 e. The van der Waals surface area contributed by atoms with Crippen LogP contribution in [0.4, 0.5) is 0 Å². The minimum atomic E-state index is 0.297. The van der Waals surface area contributed by atoms with E-state index in [1.807, 2.05) is 0 Å². The first-order chi connectivity index (χ1) is 9.12. The van der Waals surface area contributed by atoms with E-state index in [1.165, 1.54) is 45.3 Å². The molecular formula is C14H26N4O. The topological polar surface area (TPSA) is 65.1 Å².